The number of benzene rings is 1. The van der Waals surface area contributed by atoms with E-state index < -0.39 is 16.1 Å². The normalized spacial score (nSPS) is 18.2. The number of rotatable bonds is 4. The van der Waals surface area contributed by atoms with Crippen molar-refractivity contribution in [1.82, 2.24) is 14.3 Å². The molecule has 24 heavy (non-hydrogen) atoms. The number of aromatic nitrogens is 2. The Bertz CT molecular complexity index is 834. The van der Waals surface area contributed by atoms with E-state index in [1.54, 1.807) is 24.5 Å². The van der Waals surface area contributed by atoms with Gasteiger partial charge in [0.2, 0.25) is 10.0 Å². The number of H-pyrrole nitrogens is 1. The van der Waals surface area contributed by atoms with Crippen molar-refractivity contribution in [2.24, 2.45) is 5.92 Å². The van der Waals surface area contributed by atoms with Crippen LogP contribution in [0.2, 0.25) is 0 Å². The van der Waals surface area contributed by atoms with Crippen molar-refractivity contribution in [1.29, 1.82) is 5.26 Å². The fourth-order valence-electron chi connectivity index (χ4n) is 2.97. The smallest absolute Gasteiger partial charge is 0.243 e. The third-order valence-electron chi connectivity index (χ3n) is 4.35. The summed E-state index contributed by atoms with van der Waals surface area (Å²) in [5.41, 5.74) is 0.319. The summed E-state index contributed by atoms with van der Waals surface area (Å²) in [6.07, 6.45) is 3.63. The summed E-state index contributed by atoms with van der Waals surface area (Å²) in [6.45, 7) is 0.670. The summed E-state index contributed by atoms with van der Waals surface area (Å²) in [6, 6.07) is 7.98. The van der Waals surface area contributed by atoms with Crippen LogP contribution in [0.5, 0.6) is 0 Å². The predicted octanol–water partition coefficient (Wildman–Crippen LogP) is 1.42. The second-order valence-corrected chi connectivity index (χ2v) is 7.74. The van der Waals surface area contributed by atoms with E-state index >= 15 is 0 Å². The molecule has 1 aromatic carbocycles. The molecule has 1 fully saturated rings. The monoisotopic (exact) mass is 346 g/mol. The maximum atomic E-state index is 12.7. The highest BCUT2D eigenvalue weighted by Crippen LogP contribution is 2.31. The van der Waals surface area contributed by atoms with E-state index in [0.29, 0.717) is 37.3 Å². The highest BCUT2D eigenvalue weighted by Gasteiger charge is 2.33. The maximum absolute atomic E-state index is 12.7. The molecule has 7 nitrogen and oxygen atoms in total. The highest BCUT2D eigenvalue weighted by atomic mass is 32.2. The van der Waals surface area contributed by atoms with E-state index in [0.717, 1.165) is 0 Å². The molecule has 8 heteroatoms. The number of nitrogens with zero attached hydrogens (tertiary/aromatic N) is 3. The molecule has 1 unspecified atom stereocenters. The van der Waals surface area contributed by atoms with Crippen LogP contribution in [0.25, 0.3) is 0 Å². The van der Waals surface area contributed by atoms with Crippen LogP contribution in [-0.2, 0) is 10.0 Å². The minimum Gasteiger partial charge on any atom is -0.385 e. The number of hydrogen-bond acceptors (Lipinski definition) is 5. The van der Waals surface area contributed by atoms with Crippen LogP contribution >= 0.6 is 0 Å². The number of hydrogen-bond donors (Lipinski definition) is 2. The van der Waals surface area contributed by atoms with Gasteiger partial charge in [0.25, 0.3) is 0 Å². The number of imidazole rings is 1. The standard InChI is InChI=1S/C16H18N4O3S/c17-11-12-2-1-3-14(10-12)24(22,23)20-8-4-13(5-9-20)15(21)16-18-6-7-19-16/h1-3,6-7,10,13,15,21H,4-5,8-9H2,(H,18,19). The molecule has 2 aromatic rings. The van der Waals surface area contributed by atoms with E-state index in [1.807, 2.05) is 6.07 Å². The molecule has 0 saturated carbocycles. The second-order valence-electron chi connectivity index (χ2n) is 5.80. The summed E-state index contributed by atoms with van der Waals surface area (Å²) in [5.74, 6) is 0.478. The minimum absolute atomic E-state index is 0.0342. The first-order valence-corrected chi connectivity index (χ1v) is 9.14. The first-order valence-electron chi connectivity index (χ1n) is 7.70. The minimum atomic E-state index is -3.62. The zero-order chi connectivity index (χ0) is 17.2. The van der Waals surface area contributed by atoms with Crippen molar-refractivity contribution >= 4 is 10.0 Å². The molecule has 1 aromatic heterocycles. The van der Waals surface area contributed by atoms with E-state index in [1.165, 1.54) is 16.4 Å². The fourth-order valence-corrected chi connectivity index (χ4v) is 4.49. The Hall–Kier alpha value is -2.21. The van der Waals surface area contributed by atoms with Crippen molar-refractivity contribution in [3.05, 3.63) is 48.0 Å². The van der Waals surface area contributed by atoms with E-state index in [9.17, 15) is 13.5 Å². The van der Waals surface area contributed by atoms with Gasteiger partial charge in [-0.15, -0.1) is 0 Å². The Balaban J connectivity index is 1.70. The van der Waals surface area contributed by atoms with Crippen molar-refractivity contribution in [2.75, 3.05) is 13.1 Å². The quantitative estimate of drug-likeness (QED) is 0.870. The van der Waals surface area contributed by atoms with E-state index in [4.69, 9.17) is 5.26 Å². The molecule has 1 atom stereocenters. The molecule has 1 saturated heterocycles. The van der Waals surface area contributed by atoms with Crippen molar-refractivity contribution in [3.8, 4) is 6.07 Å². The number of nitriles is 1. The lowest BCUT2D eigenvalue weighted by Crippen LogP contribution is -2.39. The Morgan fingerprint density at radius 1 is 1.38 bits per heavy atom. The fraction of sp³-hybridized carbons (Fsp3) is 0.375. The third kappa shape index (κ3) is 3.19. The summed E-state index contributed by atoms with van der Waals surface area (Å²) in [5, 5.41) is 19.2. The molecule has 3 rings (SSSR count). The summed E-state index contributed by atoms with van der Waals surface area (Å²) in [4.78, 5) is 7.08. The summed E-state index contributed by atoms with van der Waals surface area (Å²) < 4.78 is 26.8. The van der Waals surface area contributed by atoms with Gasteiger partial charge in [-0.25, -0.2) is 13.4 Å². The molecule has 0 radical (unpaired) electrons. The topological polar surface area (TPSA) is 110 Å². The molecular weight excluding hydrogens is 328 g/mol. The van der Waals surface area contributed by atoms with Gasteiger partial charge in [-0.3, -0.25) is 0 Å². The Morgan fingerprint density at radius 2 is 2.12 bits per heavy atom. The molecule has 0 spiro atoms. The van der Waals surface area contributed by atoms with Gasteiger partial charge in [0.15, 0.2) is 0 Å². The van der Waals surface area contributed by atoms with Crippen molar-refractivity contribution in [2.45, 2.75) is 23.8 Å². The first-order chi connectivity index (χ1) is 11.5. The average Bonchev–Trinajstić information content (AvgIpc) is 3.16. The number of piperidine rings is 1. The van der Waals surface area contributed by atoms with Crippen LogP contribution in [0, 0.1) is 17.2 Å². The second kappa shape index (κ2) is 6.73. The molecule has 126 valence electrons. The van der Waals surface area contributed by atoms with Gasteiger partial charge >= 0.3 is 0 Å². The molecule has 0 amide bonds. The zero-order valence-corrected chi connectivity index (χ0v) is 13.8. The van der Waals surface area contributed by atoms with Gasteiger partial charge in [-0.1, -0.05) is 6.07 Å². The SMILES string of the molecule is N#Cc1cccc(S(=O)(=O)N2CCC(C(O)c3ncc[nH]3)CC2)c1. The van der Waals surface area contributed by atoms with Gasteiger partial charge in [0.05, 0.1) is 16.5 Å². The van der Waals surface area contributed by atoms with Gasteiger partial charge in [0, 0.05) is 25.5 Å². The summed E-state index contributed by atoms with van der Waals surface area (Å²) >= 11 is 0. The van der Waals surface area contributed by atoms with E-state index in [2.05, 4.69) is 9.97 Å². The van der Waals surface area contributed by atoms with Crippen LogP contribution in [0.1, 0.15) is 30.3 Å². The predicted molar refractivity (Wildman–Crippen MR) is 86.2 cm³/mol. The van der Waals surface area contributed by atoms with Gasteiger partial charge in [-0.2, -0.15) is 9.57 Å². The van der Waals surface area contributed by atoms with Gasteiger partial charge in [-0.05, 0) is 37.0 Å². The maximum Gasteiger partial charge on any atom is 0.243 e. The third-order valence-corrected chi connectivity index (χ3v) is 6.24. The van der Waals surface area contributed by atoms with Crippen molar-refractivity contribution in [3.63, 3.8) is 0 Å². The van der Waals surface area contributed by atoms with Gasteiger partial charge in [0.1, 0.15) is 11.9 Å². The molecule has 1 aliphatic rings. The van der Waals surface area contributed by atoms with Crippen LogP contribution < -0.4 is 0 Å². The van der Waals surface area contributed by atoms with Crippen molar-refractivity contribution < 1.29 is 13.5 Å². The zero-order valence-electron chi connectivity index (χ0n) is 13.0. The number of aliphatic hydroxyl groups excluding tert-OH is 1. The molecule has 2 heterocycles. The number of nitrogens with one attached hydrogen (secondary N) is 1. The largest absolute Gasteiger partial charge is 0.385 e. The lowest BCUT2D eigenvalue weighted by molar-refractivity contribution is 0.0696. The average molecular weight is 346 g/mol. The van der Waals surface area contributed by atoms with Crippen LogP contribution in [0.3, 0.4) is 0 Å². The number of sulfonamides is 1. The number of aliphatic hydroxyl groups is 1. The molecule has 2 N–H and O–H groups in total. The molecule has 0 bridgehead atoms. The lowest BCUT2D eigenvalue weighted by atomic mass is 9.92. The van der Waals surface area contributed by atoms with Crippen LogP contribution in [0.15, 0.2) is 41.6 Å². The van der Waals surface area contributed by atoms with E-state index in [-0.39, 0.29) is 10.8 Å². The Kier molecular flexibility index (Phi) is 4.66. The van der Waals surface area contributed by atoms with Crippen LogP contribution in [-0.4, -0.2) is 40.9 Å². The number of aromatic amines is 1. The first kappa shape index (κ1) is 16.6. The molecule has 1 aliphatic heterocycles. The Labute approximate surface area is 140 Å². The molecule has 0 aliphatic carbocycles. The summed E-state index contributed by atoms with van der Waals surface area (Å²) in [7, 11) is -3.62. The highest BCUT2D eigenvalue weighted by molar-refractivity contribution is 7.89. The Morgan fingerprint density at radius 3 is 2.75 bits per heavy atom. The molecular formula is C16H18N4O3S. The van der Waals surface area contributed by atoms with Crippen LogP contribution in [0.4, 0.5) is 0 Å². The lowest BCUT2D eigenvalue weighted by Gasteiger charge is -2.32. The van der Waals surface area contributed by atoms with Gasteiger partial charge < -0.3 is 10.1 Å².